The van der Waals surface area contributed by atoms with Crippen molar-refractivity contribution in [1.29, 1.82) is 0 Å². The molecule has 3 aliphatic rings. The van der Waals surface area contributed by atoms with Crippen molar-refractivity contribution < 1.29 is 14.9 Å². The van der Waals surface area contributed by atoms with E-state index in [0.717, 1.165) is 12.8 Å². The summed E-state index contributed by atoms with van der Waals surface area (Å²) in [4.78, 5) is 0. The quantitative estimate of drug-likeness (QED) is 0.703. The van der Waals surface area contributed by atoms with Crippen LogP contribution < -0.4 is 0 Å². The summed E-state index contributed by atoms with van der Waals surface area (Å²) in [6.07, 6.45) is 2.34. The van der Waals surface area contributed by atoms with E-state index in [1.54, 1.807) is 0 Å². The molecule has 3 nitrogen and oxygen atoms in total. The predicted molar refractivity (Wildman–Crippen MR) is 69.1 cm³/mol. The Morgan fingerprint density at radius 3 is 2.56 bits per heavy atom. The maximum atomic E-state index is 10.7. The van der Waals surface area contributed by atoms with Crippen LogP contribution in [-0.4, -0.2) is 33.6 Å². The molecule has 7 atom stereocenters. The highest BCUT2D eigenvalue weighted by molar-refractivity contribution is 5.18. The van der Waals surface area contributed by atoms with Crippen LogP contribution >= 0.6 is 0 Å². The molecule has 0 aromatic heterocycles. The van der Waals surface area contributed by atoms with Crippen molar-refractivity contribution in [2.45, 2.75) is 70.4 Å². The number of fused-ring (bicyclic) bond motifs is 3. The first kappa shape index (κ1) is 12.9. The molecule has 0 amide bonds. The third-order valence-corrected chi connectivity index (χ3v) is 6.09. The molecule has 2 aliphatic carbocycles. The number of rotatable bonds is 1. The molecule has 0 aromatic rings. The van der Waals surface area contributed by atoms with Crippen LogP contribution in [0, 0.1) is 23.7 Å². The molecule has 1 heterocycles. The lowest BCUT2D eigenvalue weighted by Crippen LogP contribution is -2.48. The van der Waals surface area contributed by atoms with Crippen LogP contribution in [0.2, 0.25) is 0 Å². The number of aliphatic hydroxyl groups excluding tert-OH is 1. The van der Waals surface area contributed by atoms with E-state index in [-0.39, 0.29) is 17.6 Å². The Morgan fingerprint density at radius 1 is 1.28 bits per heavy atom. The molecule has 0 spiro atoms. The van der Waals surface area contributed by atoms with Gasteiger partial charge in [0.05, 0.1) is 23.4 Å². The maximum Gasteiger partial charge on any atom is 0.0999 e. The van der Waals surface area contributed by atoms with Gasteiger partial charge in [0.15, 0.2) is 0 Å². The van der Waals surface area contributed by atoms with Crippen LogP contribution in [-0.2, 0) is 4.74 Å². The molecule has 0 aromatic carbocycles. The molecular formula is C15H26O3. The fourth-order valence-electron chi connectivity index (χ4n) is 4.64. The molecule has 3 fully saturated rings. The van der Waals surface area contributed by atoms with Gasteiger partial charge in [-0.2, -0.15) is 0 Å². The number of aliphatic hydroxyl groups is 2. The second kappa shape index (κ2) is 3.71. The van der Waals surface area contributed by atoms with Gasteiger partial charge in [-0.1, -0.05) is 20.8 Å². The minimum Gasteiger partial charge on any atom is -0.390 e. The molecule has 0 unspecified atom stereocenters. The zero-order valence-electron chi connectivity index (χ0n) is 11.9. The molecular weight excluding hydrogens is 228 g/mol. The Balaban J connectivity index is 1.99. The topological polar surface area (TPSA) is 53.0 Å². The first-order chi connectivity index (χ1) is 8.30. The summed E-state index contributed by atoms with van der Waals surface area (Å²) >= 11 is 0. The van der Waals surface area contributed by atoms with Crippen LogP contribution in [0.4, 0.5) is 0 Å². The van der Waals surface area contributed by atoms with Gasteiger partial charge in [0.2, 0.25) is 0 Å². The Morgan fingerprint density at radius 2 is 1.94 bits per heavy atom. The molecule has 3 rings (SSSR count). The summed E-state index contributed by atoms with van der Waals surface area (Å²) in [6, 6.07) is 0. The molecule has 0 radical (unpaired) electrons. The summed E-state index contributed by atoms with van der Waals surface area (Å²) in [5.41, 5.74) is -1.13. The standard InChI is InChI=1S/C15H26O3/c1-8(2)15-7-11(16)14(4,17)10-6-5-9(3)12(10)13(15)18-15/h8-13,16-17H,5-7H2,1-4H3/t9-,10-,11-,12-,13+,14+,15+/m1/s1. The van der Waals surface area contributed by atoms with Gasteiger partial charge in [-0.25, -0.2) is 0 Å². The lowest BCUT2D eigenvalue weighted by Gasteiger charge is -2.37. The average Bonchev–Trinajstić information content (AvgIpc) is 2.86. The Kier molecular flexibility index (Phi) is 2.66. The minimum absolute atomic E-state index is 0.179. The second-order valence-electron chi connectivity index (χ2n) is 7.33. The van der Waals surface area contributed by atoms with E-state index < -0.39 is 11.7 Å². The summed E-state index contributed by atoms with van der Waals surface area (Å²) in [6.45, 7) is 8.43. The van der Waals surface area contributed by atoms with E-state index in [1.165, 1.54) is 0 Å². The van der Waals surface area contributed by atoms with Crippen molar-refractivity contribution in [3.63, 3.8) is 0 Å². The Hall–Kier alpha value is -0.120. The van der Waals surface area contributed by atoms with Gasteiger partial charge in [-0.05, 0) is 43.4 Å². The van der Waals surface area contributed by atoms with Crippen molar-refractivity contribution in [1.82, 2.24) is 0 Å². The largest absolute Gasteiger partial charge is 0.390 e. The Bertz CT molecular complexity index is 352. The molecule has 2 N–H and O–H groups in total. The van der Waals surface area contributed by atoms with Crippen molar-refractivity contribution in [2.24, 2.45) is 23.7 Å². The molecule has 18 heavy (non-hydrogen) atoms. The van der Waals surface area contributed by atoms with Crippen molar-refractivity contribution in [2.75, 3.05) is 0 Å². The molecule has 0 bridgehead atoms. The fraction of sp³-hybridized carbons (Fsp3) is 1.00. The van der Waals surface area contributed by atoms with E-state index in [9.17, 15) is 10.2 Å². The number of ether oxygens (including phenoxy) is 1. The predicted octanol–water partition coefficient (Wildman–Crippen LogP) is 1.96. The molecule has 3 heteroatoms. The maximum absolute atomic E-state index is 10.7. The summed E-state index contributed by atoms with van der Waals surface area (Å²) in [5.74, 6) is 1.60. The summed E-state index contributed by atoms with van der Waals surface area (Å²) < 4.78 is 6.08. The molecule has 1 aliphatic heterocycles. The smallest absolute Gasteiger partial charge is 0.0999 e. The van der Waals surface area contributed by atoms with Crippen molar-refractivity contribution in [3.05, 3.63) is 0 Å². The van der Waals surface area contributed by atoms with Crippen molar-refractivity contribution in [3.8, 4) is 0 Å². The molecule has 2 saturated carbocycles. The van der Waals surface area contributed by atoms with Crippen LogP contribution in [0.3, 0.4) is 0 Å². The lowest BCUT2D eigenvalue weighted by atomic mass is 9.76. The van der Waals surface area contributed by atoms with E-state index in [4.69, 9.17) is 4.74 Å². The third kappa shape index (κ3) is 1.47. The third-order valence-electron chi connectivity index (χ3n) is 6.09. The van der Waals surface area contributed by atoms with Crippen LogP contribution in [0.15, 0.2) is 0 Å². The minimum atomic E-state index is -0.950. The first-order valence-corrected chi connectivity index (χ1v) is 7.39. The highest BCUT2D eigenvalue weighted by atomic mass is 16.6. The zero-order valence-corrected chi connectivity index (χ0v) is 11.9. The van der Waals surface area contributed by atoms with Gasteiger partial charge in [-0.15, -0.1) is 0 Å². The lowest BCUT2D eigenvalue weighted by molar-refractivity contribution is -0.120. The Labute approximate surface area is 110 Å². The monoisotopic (exact) mass is 254 g/mol. The fourth-order valence-corrected chi connectivity index (χ4v) is 4.64. The second-order valence-corrected chi connectivity index (χ2v) is 7.33. The number of hydrogen-bond donors (Lipinski definition) is 2. The van der Waals surface area contributed by atoms with E-state index in [1.807, 2.05) is 6.92 Å². The van der Waals surface area contributed by atoms with Gasteiger partial charge in [0, 0.05) is 6.42 Å². The summed E-state index contributed by atoms with van der Waals surface area (Å²) in [5, 5.41) is 21.2. The normalized spacial score (nSPS) is 59.2. The highest BCUT2D eigenvalue weighted by Crippen LogP contribution is 2.61. The van der Waals surface area contributed by atoms with Crippen LogP contribution in [0.5, 0.6) is 0 Å². The van der Waals surface area contributed by atoms with E-state index in [2.05, 4.69) is 20.8 Å². The van der Waals surface area contributed by atoms with Crippen LogP contribution in [0.25, 0.3) is 0 Å². The van der Waals surface area contributed by atoms with Gasteiger partial charge < -0.3 is 14.9 Å². The van der Waals surface area contributed by atoms with Gasteiger partial charge >= 0.3 is 0 Å². The van der Waals surface area contributed by atoms with E-state index in [0.29, 0.717) is 24.2 Å². The highest BCUT2D eigenvalue weighted by Gasteiger charge is 2.70. The van der Waals surface area contributed by atoms with E-state index >= 15 is 0 Å². The zero-order chi connectivity index (χ0) is 13.3. The average molecular weight is 254 g/mol. The van der Waals surface area contributed by atoms with Crippen molar-refractivity contribution >= 4 is 0 Å². The molecule has 1 saturated heterocycles. The SMILES string of the molecule is CC(C)[C@@]12C[C@@H](O)[C@@](C)(O)[C@@H]3CC[C@@H](C)[C@H]3[C@@H]1O2. The van der Waals surface area contributed by atoms with Gasteiger partial charge in [0.25, 0.3) is 0 Å². The van der Waals surface area contributed by atoms with Gasteiger partial charge in [-0.3, -0.25) is 0 Å². The number of epoxide rings is 1. The first-order valence-electron chi connectivity index (χ1n) is 7.39. The van der Waals surface area contributed by atoms with Crippen LogP contribution in [0.1, 0.15) is 47.0 Å². The molecule has 104 valence electrons. The number of hydrogen-bond acceptors (Lipinski definition) is 3. The van der Waals surface area contributed by atoms with Gasteiger partial charge in [0.1, 0.15) is 0 Å². The summed E-state index contributed by atoms with van der Waals surface area (Å²) in [7, 11) is 0.